The minimum Gasteiger partial charge on any atom is -0.397 e. The van der Waals surface area contributed by atoms with E-state index < -0.39 is 0 Å². The first-order valence-corrected chi connectivity index (χ1v) is 7.25. The summed E-state index contributed by atoms with van der Waals surface area (Å²) in [5.41, 5.74) is 6.68. The van der Waals surface area contributed by atoms with Gasteiger partial charge in [-0.1, -0.05) is 13.8 Å². The average Bonchev–Trinajstić information content (AvgIpc) is 2.98. The first-order valence-electron chi connectivity index (χ1n) is 6.43. The minimum absolute atomic E-state index is 0.0236. The second-order valence-electron chi connectivity index (χ2n) is 4.87. The topological polar surface area (TPSA) is 84.2 Å². The van der Waals surface area contributed by atoms with Gasteiger partial charge < -0.3 is 16.4 Å². The van der Waals surface area contributed by atoms with Crippen LogP contribution in [-0.2, 0) is 0 Å². The number of hydrogen-bond donors (Lipinski definition) is 3. The van der Waals surface area contributed by atoms with Crippen molar-refractivity contribution in [3.05, 3.63) is 10.4 Å². The van der Waals surface area contributed by atoms with E-state index >= 15 is 0 Å². The van der Waals surface area contributed by atoms with Crippen molar-refractivity contribution in [1.82, 2.24) is 5.32 Å². The lowest BCUT2D eigenvalue weighted by atomic mass is 10.1. The molecule has 0 radical (unpaired) electrons. The number of Topliss-reactive ketones (excluding diaryl/α,β-unsaturated/α-hetero) is 1. The Kier molecular flexibility index (Phi) is 3.80. The molecule has 1 fully saturated rings. The van der Waals surface area contributed by atoms with Crippen molar-refractivity contribution < 1.29 is 9.59 Å². The monoisotopic (exact) mass is 281 g/mol. The molecule has 0 spiro atoms. The lowest BCUT2D eigenvalue weighted by Gasteiger charge is -2.06. The van der Waals surface area contributed by atoms with Crippen molar-refractivity contribution >= 4 is 33.7 Å². The molecule has 2 atom stereocenters. The summed E-state index contributed by atoms with van der Waals surface area (Å²) in [6.07, 6.45) is 1.47. The highest BCUT2D eigenvalue weighted by Gasteiger charge is 2.35. The number of carbonyl (C=O) groups is 2. The lowest BCUT2D eigenvalue weighted by Crippen LogP contribution is -2.20. The van der Waals surface area contributed by atoms with E-state index in [4.69, 9.17) is 5.73 Å². The molecule has 1 aliphatic rings. The molecule has 0 aliphatic heterocycles. The van der Waals surface area contributed by atoms with Crippen molar-refractivity contribution in [2.45, 2.75) is 32.7 Å². The second kappa shape index (κ2) is 5.21. The quantitative estimate of drug-likeness (QED) is 0.722. The Labute approximate surface area is 116 Å². The standard InChI is InChI=1S/C13H19N3O2S/c1-4-8(17)11-10(14)9(12(18)15-3)13(19-11)16-7-5-6(7)2/h6-7,16H,4-5,14H2,1-3H3,(H,15,18). The number of anilines is 2. The number of nitrogens with two attached hydrogens (primary N) is 1. The lowest BCUT2D eigenvalue weighted by molar-refractivity contribution is 0.0964. The Morgan fingerprint density at radius 2 is 2.11 bits per heavy atom. The number of hydrogen-bond acceptors (Lipinski definition) is 5. The molecule has 1 aromatic heterocycles. The smallest absolute Gasteiger partial charge is 0.256 e. The molecular weight excluding hydrogens is 262 g/mol. The molecule has 0 bridgehead atoms. The number of amides is 1. The van der Waals surface area contributed by atoms with Gasteiger partial charge in [-0.05, 0) is 12.3 Å². The summed E-state index contributed by atoms with van der Waals surface area (Å²) >= 11 is 1.29. The molecule has 0 aromatic carbocycles. The highest BCUT2D eigenvalue weighted by molar-refractivity contribution is 7.19. The maximum absolute atomic E-state index is 11.9. The van der Waals surface area contributed by atoms with Gasteiger partial charge >= 0.3 is 0 Å². The van der Waals surface area contributed by atoms with Gasteiger partial charge in [0.15, 0.2) is 5.78 Å². The number of rotatable bonds is 5. The summed E-state index contributed by atoms with van der Waals surface area (Å²) in [5.74, 6) is 0.329. The van der Waals surface area contributed by atoms with Crippen LogP contribution in [0.4, 0.5) is 10.7 Å². The summed E-state index contributed by atoms with van der Waals surface area (Å²) in [6, 6.07) is 0.381. The maximum atomic E-state index is 11.9. The number of ketones is 1. The van der Waals surface area contributed by atoms with Crippen LogP contribution in [0.15, 0.2) is 0 Å². The van der Waals surface area contributed by atoms with Crippen LogP contribution in [0.3, 0.4) is 0 Å². The molecule has 19 heavy (non-hydrogen) atoms. The van der Waals surface area contributed by atoms with Gasteiger partial charge in [-0.3, -0.25) is 9.59 Å². The highest BCUT2D eigenvalue weighted by atomic mass is 32.1. The molecule has 1 heterocycles. The van der Waals surface area contributed by atoms with E-state index in [9.17, 15) is 9.59 Å². The fourth-order valence-corrected chi connectivity index (χ4v) is 3.14. The SMILES string of the molecule is CCC(=O)c1sc(NC2CC2C)c(C(=O)NC)c1N. The van der Waals surface area contributed by atoms with Gasteiger partial charge in [-0.15, -0.1) is 11.3 Å². The van der Waals surface area contributed by atoms with E-state index in [0.29, 0.717) is 39.5 Å². The van der Waals surface area contributed by atoms with E-state index in [2.05, 4.69) is 17.6 Å². The Morgan fingerprint density at radius 1 is 1.47 bits per heavy atom. The van der Waals surface area contributed by atoms with Gasteiger partial charge in [0.1, 0.15) is 5.00 Å². The summed E-state index contributed by atoms with van der Waals surface area (Å²) in [7, 11) is 1.56. The third-order valence-electron chi connectivity index (χ3n) is 3.40. The first-order chi connectivity index (χ1) is 8.99. The van der Waals surface area contributed by atoms with E-state index in [0.717, 1.165) is 6.42 Å². The van der Waals surface area contributed by atoms with Crippen molar-refractivity contribution in [1.29, 1.82) is 0 Å². The fourth-order valence-electron chi connectivity index (χ4n) is 1.96. The molecule has 2 rings (SSSR count). The maximum Gasteiger partial charge on any atom is 0.256 e. The van der Waals surface area contributed by atoms with Crippen LogP contribution in [0, 0.1) is 5.92 Å². The molecule has 2 unspecified atom stereocenters. The molecule has 5 nitrogen and oxygen atoms in total. The summed E-state index contributed by atoms with van der Waals surface area (Å²) in [4.78, 5) is 24.3. The predicted molar refractivity (Wildman–Crippen MR) is 77.9 cm³/mol. The third kappa shape index (κ3) is 2.58. The van der Waals surface area contributed by atoms with Gasteiger partial charge in [0.05, 0.1) is 16.1 Å². The summed E-state index contributed by atoms with van der Waals surface area (Å²) in [6.45, 7) is 3.93. The summed E-state index contributed by atoms with van der Waals surface area (Å²) < 4.78 is 0. The zero-order valence-corrected chi connectivity index (χ0v) is 12.2. The van der Waals surface area contributed by atoms with E-state index in [-0.39, 0.29) is 11.7 Å². The van der Waals surface area contributed by atoms with Crippen LogP contribution in [0.1, 0.15) is 46.7 Å². The molecular formula is C13H19N3O2S. The van der Waals surface area contributed by atoms with Crippen molar-refractivity contribution in [3.8, 4) is 0 Å². The molecule has 1 aromatic rings. The van der Waals surface area contributed by atoms with Gasteiger partial charge in [0, 0.05) is 19.5 Å². The van der Waals surface area contributed by atoms with Crippen molar-refractivity contribution in [2.75, 3.05) is 18.1 Å². The van der Waals surface area contributed by atoms with Gasteiger partial charge in [0.2, 0.25) is 0 Å². The largest absolute Gasteiger partial charge is 0.397 e. The second-order valence-corrected chi connectivity index (χ2v) is 5.89. The highest BCUT2D eigenvalue weighted by Crippen LogP contribution is 2.41. The number of nitrogen functional groups attached to an aromatic ring is 1. The average molecular weight is 281 g/mol. The Balaban J connectivity index is 2.38. The minimum atomic E-state index is -0.250. The Morgan fingerprint density at radius 3 is 2.58 bits per heavy atom. The first kappa shape index (κ1) is 13.9. The van der Waals surface area contributed by atoms with Crippen LogP contribution in [0.2, 0.25) is 0 Å². The molecule has 104 valence electrons. The molecule has 6 heteroatoms. The summed E-state index contributed by atoms with van der Waals surface area (Å²) in [5, 5.41) is 6.60. The molecule has 4 N–H and O–H groups in total. The van der Waals surface area contributed by atoms with E-state index in [1.54, 1.807) is 14.0 Å². The van der Waals surface area contributed by atoms with Crippen LogP contribution in [-0.4, -0.2) is 24.8 Å². The predicted octanol–water partition coefficient (Wildman–Crippen LogP) is 2.10. The molecule has 0 saturated heterocycles. The third-order valence-corrected chi connectivity index (χ3v) is 4.58. The van der Waals surface area contributed by atoms with Gasteiger partial charge in [-0.25, -0.2) is 0 Å². The van der Waals surface area contributed by atoms with Crippen LogP contribution >= 0.6 is 11.3 Å². The zero-order chi connectivity index (χ0) is 14.2. The van der Waals surface area contributed by atoms with Crippen LogP contribution in [0.25, 0.3) is 0 Å². The van der Waals surface area contributed by atoms with Crippen LogP contribution in [0.5, 0.6) is 0 Å². The van der Waals surface area contributed by atoms with E-state index in [1.165, 1.54) is 11.3 Å². The Hall–Kier alpha value is -1.56. The normalized spacial score (nSPS) is 21.0. The van der Waals surface area contributed by atoms with Gasteiger partial charge in [0.25, 0.3) is 5.91 Å². The number of nitrogens with one attached hydrogen (secondary N) is 2. The van der Waals surface area contributed by atoms with Crippen molar-refractivity contribution in [2.24, 2.45) is 5.92 Å². The van der Waals surface area contributed by atoms with Crippen LogP contribution < -0.4 is 16.4 Å². The number of carbonyl (C=O) groups excluding carboxylic acids is 2. The fraction of sp³-hybridized carbons (Fsp3) is 0.538. The van der Waals surface area contributed by atoms with Crippen molar-refractivity contribution in [3.63, 3.8) is 0 Å². The Bertz CT molecular complexity index is 524. The van der Waals surface area contributed by atoms with E-state index in [1.807, 2.05) is 0 Å². The number of thiophene rings is 1. The molecule has 1 amide bonds. The molecule has 1 saturated carbocycles. The molecule has 1 aliphatic carbocycles. The zero-order valence-electron chi connectivity index (χ0n) is 11.4. The van der Waals surface area contributed by atoms with Gasteiger partial charge in [-0.2, -0.15) is 0 Å².